The average Bonchev–Trinajstić information content (AvgIpc) is 3.43. The van der Waals surface area contributed by atoms with Crippen LogP contribution in [0.3, 0.4) is 0 Å². The molecule has 1 heterocycles. The van der Waals surface area contributed by atoms with E-state index in [2.05, 4.69) is 41.4 Å². The van der Waals surface area contributed by atoms with Crippen molar-refractivity contribution < 1.29 is 25.9 Å². The van der Waals surface area contributed by atoms with Gasteiger partial charge < -0.3 is 17.1 Å². The van der Waals surface area contributed by atoms with Crippen molar-refractivity contribution >= 4 is 6.01 Å². The van der Waals surface area contributed by atoms with Crippen LogP contribution in [0.2, 0.25) is 0 Å². The van der Waals surface area contributed by atoms with E-state index in [-0.39, 0.29) is 34.8 Å². The quantitative estimate of drug-likeness (QED) is 0.552. The van der Waals surface area contributed by atoms with Crippen LogP contribution in [-0.4, -0.2) is 10.2 Å². The van der Waals surface area contributed by atoms with Gasteiger partial charge in [0.05, 0.1) is 0 Å². The fourth-order valence-electron chi connectivity index (χ4n) is 1.62. The van der Waals surface area contributed by atoms with Gasteiger partial charge in [0.15, 0.2) is 0 Å². The van der Waals surface area contributed by atoms with Crippen molar-refractivity contribution in [1.82, 2.24) is 10.2 Å². The Morgan fingerprint density at radius 1 is 1.00 bits per heavy atom. The summed E-state index contributed by atoms with van der Waals surface area (Å²) in [5.41, 5.74) is 5.88. The molecule has 0 bridgehead atoms. The minimum Gasteiger partial charge on any atom is -0.404 e. The van der Waals surface area contributed by atoms with Crippen molar-refractivity contribution in [2.75, 3.05) is 5.73 Å². The first-order valence-electron chi connectivity index (χ1n) is 7.75. The molecular weight excluding hydrogens is 373 g/mol. The SMILES string of the molecule is Nc1nnc(-c2ccc(F)cc2)o1.[C-]1=CC=CC1.[C-]1=CC=CC1.[CH2-]C.[Fe+3]. The summed E-state index contributed by atoms with van der Waals surface area (Å²) < 4.78 is 17.5. The van der Waals surface area contributed by atoms with E-state index in [9.17, 15) is 4.39 Å². The summed E-state index contributed by atoms with van der Waals surface area (Å²) >= 11 is 0. The number of nitrogen functional groups attached to an aromatic ring is 1. The van der Waals surface area contributed by atoms with Crippen LogP contribution in [0.1, 0.15) is 19.8 Å². The van der Waals surface area contributed by atoms with E-state index in [1.807, 2.05) is 24.3 Å². The van der Waals surface area contributed by atoms with Crippen LogP contribution >= 0.6 is 0 Å². The number of benzene rings is 1. The number of hydrogen-bond acceptors (Lipinski definition) is 4. The van der Waals surface area contributed by atoms with Crippen molar-refractivity contribution in [2.45, 2.75) is 19.8 Å². The van der Waals surface area contributed by atoms with E-state index in [0.29, 0.717) is 5.56 Å². The van der Waals surface area contributed by atoms with Gasteiger partial charge in [0.2, 0.25) is 5.89 Å². The Labute approximate surface area is 164 Å². The standard InChI is InChI=1S/C8H6FN3O.2C5H5.C2H5.Fe/c9-6-3-1-5(2-4-6)7-11-12-8(10)13-7;2*1-2-4-5-3-1;1-2;/h1-4H,(H2,10,12);2*1-3H,4H2;1H2,2H3;/q;3*-1;+3. The van der Waals surface area contributed by atoms with E-state index < -0.39 is 0 Å². The number of allylic oxidation sites excluding steroid dienone is 8. The normalized spacial score (nSPS) is 12.1. The molecule has 0 saturated heterocycles. The van der Waals surface area contributed by atoms with Crippen molar-refractivity contribution in [3.8, 4) is 11.5 Å². The molecule has 0 atom stereocenters. The molecule has 4 nitrogen and oxygen atoms in total. The minimum absolute atomic E-state index is 0. The van der Waals surface area contributed by atoms with Gasteiger partial charge in [-0.05, 0) is 24.3 Å². The van der Waals surface area contributed by atoms with Crippen molar-refractivity contribution in [3.05, 3.63) is 85.6 Å². The fourth-order valence-corrected chi connectivity index (χ4v) is 1.62. The van der Waals surface area contributed by atoms with Crippen LogP contribution < -0.4 is 5.73 Å². The molecule has 0 unspecified atom stereocenters. The van der Waals surface area contributed by atoms with Gasteiger partial charge >= 0.3 is 23.1 Å². The van der Waals surface area contributed by atoms with E-state index in [0.717, 1.165) is 12.8 Å². The summed E-state index contributed by atoms with van der Waals surface area (Å²) in [6.07, 6.45) is 20.0. The van der Waals surface area contributed by atoms with E-state index >= 15 is 0 Å². The molecule has 26 heavy (non-hydrogen) atoms. The third-order valence-corrected chi connectivity index (χ3v) is 2.70. The van der Waals surface area contributed by atoms with Crippen LogP contribution in [-0.2, 0) is 17.1 Å². The molecular formula is C20H21FFeN3O. The second-order valence-electron chi connectivity index (χ2n) is 4.46. The first kappa shape index (κ1) is 23.6. The molecule has 0 spiro atoms. The molecule has 2 N–H and O–H groups in total. The molecule has 4 rings (SSSR count). The third-order valence-electron chi connectivity index (χ3n) is 2.70. The smallest absolute Gasteiger partial charge is 0.404 e. The Kier molecular flexibility index (Phi) is 13.5. The molecule has 2 aliphatic rings. The van der Waals surface area contributed by atoms with Gasteiger partial charge in [-0.1, -0.05) is 5.10 Å². The van der Waals surface area contributed by atoms with Crippen LogP contribution in [0.4, 0.5) is 10.4 Å². The molecule has 2 aromatic rings. The average molecular weight is 394 g/mol. The summed E-state index contributed by atoms with van der Waals surface area (Å²) in [6.45, 7) is 5.00. The maximum atomic E-state index is 12.5. The van der Waals surface area contributed by atoms with Gasteiger partial charge in [-0.3, -0.25) is 12.2 Å². The van der Waals surface area contributed by atoms with Crippen molar-refractivity contribution in [1.29, 1.82) is 0 Å². The Balaban J connectivity index is 0.000000399. The number of halogens is 1. The van der Waals surface area contributed by atoms with Crippen LogP contribution in [0.5, 0.6) is 0 Å². The molecule has 1 aromatic heterocycles. The predicted octanol–water partition coefficient (Wildman–Crippen LogP) is 4.91. The van der Waals surface area contributed by atoms with Crippen molar-refractivity contribution in [3.63, 3.8) is 0 Å². The number of rotatable bonds is 1. The molecule has 0 aliphatic heterocycles. The van der Waals surface area contributed by atoms with Gasteiger partial charge in [0.25, 0.3) is 0 Å². The summed E-state index contributed by atoms with van der Waals surface area (Å²) in [6, 6.07) is 5.72. The number of aromatic nitrogens is 2. The largest absolute Gasteiger partial charge is 3.00 e. The molecule has 6 heteroatoms. The Hall–Kier alpha value is -2.43. The molecule has 0 saturated carbocycles. The number of nitrogens with zero attached hydrogens (tertiary/aromatic N) is 2. The number of anilines is 1. The van der Waals surface area contributed by atoms with E-state index in [4.69, 9.17) is 10.2 Å². The maximum absolute atomic E-state index is 12.5. The Morgan fingerprint density at radius 3 is 1.85 bits per heavy atom. The van der Waals surface area contributed by atoms with Gasteiger partial charge in [0, 0.05) is 5.56 Å². The molecule has 0 fully saturated rings. The molecule has 0 amide bonds. The van der Waals surface area contributed by atoms with Crippen LogP contribution in [0.25, 0.3) is 11.5 Å². The predicted molar refractivity (Wildman–Crippen MR) is 98.3 cm³/mol. The zero-order valence-corrected chi connectivity index (χ0v) is 15.6. The van der Waals surface area contributed by atoms with E-state index in [1.54, 1.807) is 19.1 Å². The minimum atomic E-state index is -0.309. The van der Waals surface area contributed by atoms with Gasteiger partial charge in [-0.15, -0.1) is 17.9 Å². The molecule has 1 radical (unpaired) electrons. The second kappa shape index (κ2) is 14.9. The Bertz CT molecular complexity index is 677. The second-order valence-corrected chi connectivity index (χ2v) is 4.46. The summed E-state index contributed by atoms with van der Waals surface area (Å²) in [5.74, 6) is -0.0197. The first-order chi connectivity index (χ1) is 12.3. The monoisotopic (exact) mass is 394 g/mol. The van der Waals surface area contributed by atoms with Crippen molar-refractivity contribution in [2.24, 2.45) is 0 Å². The molecule has 137 valence electrons. The van der Waals surface area contributed by atoms with Gasteiger partial charge in [-0.25, -0.2) is 28.7 Å². The molecule has 2 aliphatic carbocycles. The van der Waals surface area contributed by atoms with E-state index in [1.165, 1.54) is 12.1 Å². The summed E-state index contributed by atoms with van der Waals surface area (Å²) in [7, 11) is 0. The number of nitrogens with two attached hydrogens (primary N) is 1. The molecule has 1 aromatic carbocycles. The Morgan fingerprint density at radius 2 is 1.54 bits per heavy atom. The van der Waals surface area contributed by atoms with Gasteiger partial charge in [-0.2, -0.15) is 19.1 Å². The van der Waals surface area contributed by atoms with Crippen LogP contribution in [0, 0.1) is 24.9 Å². The third kappa shape index (κ3) is 9.77. The number of hydrogen-bond donors (Lipinski definition) is 1. The van der Waals surface area contributed by atoms with Crippen LogP contribution in [0.15, 0.2) is 65.1 Å². The summed E-state index contributed by atoms with van der Waals surface area (Å²) in [5, 5.41) is 7.13. The fraction of sp³-hybridized carbons (Fsp3) is 0.150. The van der Waals surface area contributed by atoms with Gasteiger partial charge in [0.1, 0.15) is 5.82 Å². The topological polar surface area (TPSA) is 64.9 Å². The first-order valence-corrected chi connectivity index (χ1v) is 7.75. The zero-order chi connectivity index (χ0) is 18.3. The summed E-state index contributed by atoms with van der Waals surface area (Å²) in [4.78, 5) is 0. The zero-order valence-electron chi connectivity index (χ0n) is 14.5. The maximum Gasteiger partial charge on any atom is 3.00 e.